The van der Waals surface area contributed by atoms with Crippen molar-refractivity contribution in [1.29, 1.82) is 0 Å². The molecule has 0 saturated heterocycles. The van der Waals surface area contributed by atoms with Gasteiger partial charge in [0.2, 0.25) is 0 Å². The predicted octanol–water partition coefficient (Wildman–Crippen LogP) is 5.99. The van der Waals surface area contributed by atoms with Crippen molar-refractivity contribution in [2.45, 2.75) is 31.7 Å². The SMILES string of the molecule is Fc1ccc(Br)c(NC(c2cccs2)C2CCCC2)c1. The molecule has 0 amide bonds. The number of hydrogen-bond donors (Lipinski definition) is 1. The second kappa shape index (κ2) is 6.27. The van der Waals surface area contributed by atoms with Gasteiger partial charge in [0.25, 0.3) is 0 Å². The lowest BCUT2D eigenvalue weighted by molar-refractivity contribution is 0.475. The van der Waals surface area contributed by atoms with Crippen LogP contribution in [0.1, 0.15) is 36.6 Å². The van der Waals surface area contributed by atoms with Crippen molar-refractivity contribution in [2.75, 3.05) is 5.32 Å². The Morgan fingerprint density at radius 1 is 1.25 bits per heavy atom. The molecule has 4 heteroatoms. The van der Waals surface area contributed by atoms with Crippen molar-refractivity contribution in [3.63, 3.8) is 0 Å². The first-order valence-electron chi connectivity index (χ1n) is 6.99. The van der Waals surface area contributed by atoms with Crippen LogP contribution in [0.4, 0.5) is 10.1 Å². The van der Waals surface area contributed by atoms with E-state index in [1.165, 1.54) is 36.6 Å². The Kier molecular flexibility index (Phi) is 4.41. The largest absolute Gasteiger partial charge is 0.376 e. The average Bonchev–Trinajstić information content (AvgIpc) is 3.12. The molecule has 0 aliphatic heterocycles. The quantitative estimate of drug-likeness (QED) is 0.711. The number of halogens is 2. The van der Waals surface area contributed by atoms with Crippen LogP contribution < -0.4 is 5.32 Å². The van der Waals surface area contributed by atoms with Crippen LogP contribution in [0.2, 0.25) is 0 Å². The van der Waals surface area contributed by atoms with Gasteiger partial charge in [0.15, 0.2) is 0 Å². The number of benzene rings is 1. The molecule has 1 aliphatic carbocycles. The molecule has 1 saturated carbocycles. The van der Waals surface area contributed by atoms with Gasteiger partial charge >= 0.3 is 0 Å². The minimum absolute atomic E-state index is 0.202. The first-order chi connectivity index (χ1) is 9.74. The summed E-state index contributed by atoms with van der Waals surface area (Å²) in [5, 5.41) is 5.67. The predicted molar refractivity (Wildman–Crippen MR) is 86.7 cm³/mol. The van der Waals surface area contributed by atoms with Crippen LogP contribution in [0, 0.1) is 11.7 Å². The molecular formula is C16H17BrFNS. The van der Waals surface area contributed by atoms with Gasteiger partial charge in [0.1, 0.15) is 5.82 Å². The van der Waals surface area contributed by atoms with E-state index in [1.807, 2.05) is 0 Å². The summed E-state index contributed by atoms with van der Waals surface area (Å²) in [5.74, 6) is 0.441. The van der Waals surface area contributed by atoms with Crippen LogP contribution in [0.5, 0.6) is 0 Å². The standard InChI is InChI=1S/C16H17BrFNS/c17-13-8-7-12(18)10-14(13)19-16(11-4-1-2-5-11)15-6-3-9-20-15/h3,6-11,16,19H,1-2,4-5H2. The van der Waals surface area contributed by atoms with Crippen molar-refractivity contribution >= 4 is 33.0 Å². The Bertz CT molecular complexity index is 564. The molecule has 0 spiro atoms. The molecule has 1 unspecified atom stereocenters. The minimum atomic E-state index is -0.202. The maximum Gasteiger partial charge on any atom is 0.125 e. The van der Waals surface area contributed by atoms with E-state index in [-0.39, 0.29) is 11.9 Å². The monoisotopic (exact) mass is 353 g/mol. The molecule has 1 N–H and O–H groups in total. The van der Waals surface area contributed by atoms with Gasteiger partial charge in [0, 0.05) is 9.35 Å². The third kappa shape index (κ3) is 3.07. The van der Waals surface area contributed by atoms with Gasteiger partial charge in [-0.05, 0) is 64.3 Å². The van der Waals surface area contributed by atoms with E-state index < -0.39 is 0 Å². The summed E-state index contributed by atoms with van der Waals surface area (Å²) in [4.78, 5) is 1.34. The zero-order valence-electron chi connectivity index (χ0n) is 11.1. The van der Waals surface area contributed by atoms with Crippen LogP contribution in [0.25, 0.3) is 0 Å². The molecule has 1 fully saturated rings. The number of rotatable bonds is 4. The molecule has 1 heterocycles. The van der Waals surface area contributed by atoms with E-state index in [9.17, 15) is 4.39 Å². The fourth-order valence-electron chi connectivity index (χ4n) is 2.96. The van der Waals surface area contributed by atoms with Crippen LogP contribution in [0.15, 0.2) is 40.2 Å². The molecule has 106 valence electrons. The summed E-state index contributed by atoms with van der Waals surface area (Å²) in [6.07, 6.45) is 5.11. The molecule has 0 bridgehead atoms. The highest BCUT2D eigenvalue weighted by Crippen LogP contribution is 2.40. The smallest absolute Gasteiger partial charge is 0.125 e. The van der Waals surface area contributed by atoms with E-state index in [0.717, 1.165) is 10.2 Å². The van der Waals surface area contributed by atoms with Crippen molar-refractivity contribution in [2.24, 2.45) is 5.92 Å². The number of anilines is 1. The Morgan fingerprint density at radius 2 is 2.05 bits per heavy atom. The molecule has 1 nitrogen and oxygen atoms in total. The highest BCUT2D eigenvalue weighted by atomic mass is 79.9. The van der Waals surface area contributed by atoms with Crippen LogP contribution in [-0.2, 0) is 0 Å². The Hall–Kier alpha value is -0.870. The molecule has 1 aliphatic rings. The van der Waals surface area contributed by atoms with Gasteiger partial charge < -0.3 is 5.32 Å². The average molecular weight is 354 g/mol. The summed E-state index contributed by atoms with van der Waals surface area (Å²) in [6.45, 7) is 0. The van der Waals surface area contributed by atoms with Crippen LogP contribution in [0.3, 0.4) is 0 Å². The molecule has 1 atom stereocenters. The van der Waals surface area contributed by atoms with E-state index in [2.05, 4.69) is 38.8 Å². The fraction of sp³-hybridized carbons (Fsp3) is 0.375. The highest BCUT2D eigenvalue weighted by Gasteiger charge is 2.27. The van der Waals surface area contributed by atoms with E-state index in [0.29, 0.717) is 5.92 Å². The summed E-state index contributed by atoms with van der Waals surface area (Å²) in [5.41, 5.74) is 0.843. The van der Waals surface area contributed by atoms with Gasteiger partial charge in [-0.3, -0.25) is 0 Å². The maximum absolute atomic E-state index is 13.5. The fourth-order valence-corrected chi connectivity index (χ4v) is 4.19. The van der Waals surface area contributed by atoms with Gasteiger partial charge in [-0.25, -0.2) is 4.39 Å². The van der Waals surface area contributed by atoms with Gasteiger partial charge in [-0.2, -0.15) is 0 Å². The molecule has 2 aromatic rings. The number of hydrogen-bond acceptors (Lipinski definition) is 2. The van der Waals surface area contributed by atoms with Crippen molar-refractivity contribution < 1.29 is 4.39 Å². The normalized spacial score (nSPS) is 17.3. The summed E-state index contributed by atoms with van der Waals surface area (Å²) in [6, 6.07) is 9.36. The molecule has 20 heavy (non-hydrogen) atoms. The first kappa shape index (κ1) is 14.1. The lowest BCUT2D eigenvalue weighted by atomic mass is 9.96. The number of thiophene rings is 1. The van der Waals surface area contributed by atoms with Crippen LogP contribution >= 0.6 is 27.3 Å². The number of nitrogens with one attached hydrogen (secondary N) is 1. The van der Waals surface area contributed by atoms with Gasteiger partial charge in [-0.15, -0.1) is 11.3 Å². The topological polar surface area (TPSA) is 12.0 Å². The van der Waals surface area contributed by atoms with Crippen molar-refractivity contribution in [1.82, 2.24) is 0 Å². The highest BCUT2D eigenvalue weighted by molar-refractivity contribution is 9.10. The van der Waals surface area contributed by atoms with E-state index in [4.69, 9.17) is 0 Å². The molecule has 3 rings (SSSR count). The van der Waals surface area contributed by atoms with E-state index >= 15 is 0 Å². The zero-order valence-corrected chi connectivity index (χ0v) is 13.5. The molecular weight excluding hydrogens is 337 g/mol. The minimum Gasteiger partial charge on any atom is -0.376 e. The van der Waals surface area contributed by atoms with Crippen LogP contribution in [-0.4, -0.2) is 0 Å². The second-order valence-corrected chi connectivity index (χ2v) is 7.14. The summed E-state index contributed by atoms with van der Waals surface area (Å²) >= 11 is 5.28. The lowest BCUT2D eigenvalue weighted by Gasteiger charge is -2.25. The lowest BCUT2D eigenvalue weighted by Crippen LogP contribution is -2.18. The van der Waals surface area contributed by atoms with Crippen molar-refractivity contribution in [3.8, 4) is 0 Å². The molecule has 1 aromatic carbocycles. The van der Waals surface area contributed by atoms with Crippen molar-refractivity contribution in [3.05, 3.63) is 50.9 Å². The maximum atomic E-state index is 13.5. The first-order valence-corrected chi connectivity index (χ1v) is 8.66. The Balaban J connectivity index is 1.88. The zero-order chi connectivity index (χ0) is 13.9. The summed E-state index contributed by atoms with van der Waals surface area (Å²) in [7, 11) is 0. The molecule has 1 aromatic heterocycles. The van der Waals surface area contributed by atoms with Gasteiger partial charge in [0.05, 0.1) is 11.7 Å². The second-order valence-electron chi connectivity index (χ2n) is 5.31. The molecule has 0 radical (unpaired) electrons. The van der Waals surface area contributed by atoms with Gasteiger partial charge in [-0.1, -0.05) is 18.9 Å². The third-order valence-electron chi connectivity index (χ3n) is 3.96. The van der Waals surface area contributed by atoms with E-state index in [1.54, 1.807) is 23.5 Å². The Morgan fingerprint density at radius 3 is 2.75 bits per heavy atom. The Labute approximate surface area is 131 Å². The third-order valence-corrected chi connectivity index (χ3v) is 5.61. The summed E-state index contributed by atoms with van der Waals surface area (Å²) < 4.78 is 14.4.